The van der Waals surface area contributed by atoms with Gasteiger partial charge >= 0.3 is 0 Å². The number of rotatable bonds is 2. The third kappa shape index (κ3) is 2.75. The molecule has 2 rings (SSSR count). The van der Waals surface area contributed by atoms with Gasteiger partial charge in [0.1, 0.15) is 10.8 Å². The van der Waals surface area contributed by atoms with Crippen molar-refractivity contribution in [1.29, 1.82) is 0 Å². The molecule has 1 aliphatic rings. The molecule has 0 spiro atoms. The van der Waals surface area contributed by atoms with Gasteiger partial charge in [0.05, 0.1) is 0 Å². The summed E-state index contributed by atoms with van der Waals surface area (Å²) in [5.41, 5.74) is 6.70. The Morgan fingerprint density at radius 1 is 1.53 bits per heavy atom. The minimum atomic E-state index is -0.326. The predicted octanol–water partition coefficient (Wildman–Crippen LogP) is 2.70. The highest BCUT2D eigenvalue weighted by Crippen LogP contribution is 2.24. The highest BCUT2D eigenvalue weighted by Gasteiger charge is 2.17. The fraction of sp³-hybridized carbons (Fsp3) is 0.462. The van der Waals surface area contributed by atoms with Gasteiger partial charge in [-0.3, -0.25) is 0 Å². The fourth-order valence-electron chi connectivity index (χ4n) is 2.32. The van der Waals surface area contributed by atoms with Crippen molar-refractivity contribution in [2.24, 2.45) is 11.7 Å². The first-order valence-electron chi connectivity index (χ1n) is 5.92. The van der Waals surface area contributed by atoms with E-state index in [2.05, 4.69) is 11.8 Å². The van der Waals surface area contributed by atoms with Gasteiger partial charge in [-0.05, 0) is 37.0 Å². The molecule has 1 aromatic carbocycles. The molecule has 1 unspecified atom stereocenters. The first kappa shape index (κ1) is 12.3. The first-order valence-corrected chi connectivity index (χ1v) is 6.33. The number of thiocarbonyl (C=S) groups is 1. The molecule has 0 aromatic heterocycles. The summed E-state index contributed by atoms with van der Waals surface area (Å²) in [6, 6.07) is 5.11. The Hall–Kier alpha value is -1.16. The van der Waals surface area contributed by atoms with Crippen LogP contribution in [0, 0.1) is 11.7 Å². The van der Waals surface area contributed by atoms with Crippen LogP contribution >= 0.6 is 12.2 Å². The number of nitrogens with two attached hydrogens (primary N) is 1. The maximum absolute atomic E-state index is 13.8. The zero-order valence-electron chi connectivity index (χ0n) is 9.95. The summed E-state index contributed by atoms with van der Waals surface area (Å²) in [5.74, 6) is 0.343. The van der Waals surface area contributed by atoms with Crippen LogP contribution in [0.25, 0.3) is 0 Å². The SMILES string of the molecule is CC1CCCN(c2ccc(C(N)=S)c(F)c2)C1. The lowest BCUT2D eigenvalue weighted by molar-refractivity contribution is 0.446. The van der Waals surface area contributed by atoms with Crippen molar-refractivity contribution in [2.45, 2.75) is 19.8 Å². The van der Waals surface area contributed by atoms with Crippen LogP contribution in [-0.4, -0.2) is 18.1 Å². The van der Waals surface area contributed by atoms with Crippen LogP contribution in [0.2, 0.25) is 0 Å². The van der Waals surface area contributed by atoms with E-state index in [0.29, 0.717) is 11.5 Å². The van der Waals surface area contributed by atoms with E-state index in [9.17, 15) is 4.39 Å². The normalized spacial score (nSPS) is 20.4. The average molecular weight is 252 g/mol. The molecular formula is C13H17FN2S. The molecule has 1 saturated heterocycles. The van der Waals surface area contributed by atoms with E-state index in [-0.39, 0.29) is 10.8 Å². The predicted molar refractivity (Wildman–Crippen MR) is 72.9 cm³/mol. The standard InChI is InChI=1S/C13H17FN2S/c1-9-3-2-6-16(8-9)10-4-5-11(13(15)17)12(14)7-10/h4-5,7,9H,2-3,6,8H2,1H3,(H2,15,17). The smallest absolute Gasteiger partial charge is 0.135 e. The number of anilines is 1. The first-order chi connectivity index (χ1) is 8.08. The Labute approximate surface area is 107 Å². The van der Waals surface area contributed by atoms with Crippen molar-refractivity contribution in [1.82, 2.24) is 0 Å². The van der Waals surface area contributed by atoms with Crippen molar-refractivity contribution in [3.05, 3.63) is 29.6 Å². The van der Waals surface area contributed by atoms with Gasteiger partial charge < -0.3 is 10.6 Å². The fourth-order valence-corrected chi connectivity index (χ4v) is 2.49. The number of piperidine rings is 1. The molecule has 4 heteroatoms. The lowest BCUT2D eigenvalue weighted by Crippen LogP contribution is -2.34. The molecular weight excluding hydrogens is 235 g/mol. The second kappa shape index (κ2) is 5.00. The number of benzene rings is 1. The lowest BCUT2D eigenvalue weighted by Gasteiger charge is -2.32. The molecule has 0 radical (unpaired) electrons. The Kier molecular flexibility index (Phi) is 3.62. The van der Waals surface area contributed by atoms with E-state index in [0.717, 1.165) is 18.8 Å². The molecule has 92 valence electrons. The van der Waals surface area contributed by atoms with Crippen LogP contribution in [-0.2, 0) is 0 Å². The van der Waals surface area contributed by atoms with Crippen LogP contribution < -0.4 is 10.6 Å². The maximum atomic E-state index is 13.8. The van der Waals surface area contributed by atoms with E-state index in [1.54, 1.807) is 6.07 Å². The molecule has 0 amide bonds. The minimum Gasteiger partial charge on any atom is -0.389 e. The van der Waals surface area contributed by atoms with Gasteiger partial charge in [0, 0.05) is 24.3 Å². The number of halogens is 1. The van der Waals surface area contributed by atoms with Crippen molar-refractivity contribution < 1.29 is 4.39 Å². The van der Waals surface area contributed by atoms with Crippen LogP contribution in [0.4, 0.5) is 10.1 Å². The Balaban J connectivity index is 2.22. The molecule has 1 atom stereocenters. The highest BCUT2D eigenvalue weighted by atomic mass is 32.1. The topological polar surface area (TPSA) is 29.3 Å². The van der Waals surface area contributed by atoms with Crippen molar-refractivity contribution in [3.63, 3.8) is 0 Å². The van der Waals surface area contributed by atoms with E-state index in [1.807, 2.05) is 6.07 Å². The summed E-state index contributed by atoms with van der Waals surface area (Å²) in [6.45, 7) is 4.22. The second-order valence-electron chi connectivity index (χ2n) is 4.72. The molecule has 1 aliphatic heterocycles. The van der Waals surface area contributed by atoms with Crippen LogP contribution in [0.3, 0.4) is 0 Å². The third-order valence-corrected chi connectivity index (χ3v) is 3.46. The van der Waals surface area contributed by atoms with Gasteiger partial charge in [0.15, 0.2) is 0 Å². The quantitative estimate of drug-likeness (QED) is 0.821. The van der Waals surface area contributed by atoms with Crippen LogP contribution in [0.5, 0.6) is 0 Å². The molecule has 1 heterocycles. The lowest BCUT2D eigenvalue weighted by atomic mass is 9.99. The Morgan fingerprint density at radius 2 is 2.29 bits per heavy atom. The molecule has 2 N–H and O–H groups in total. The van der Waals surface area contributed by atoms with Crippen LogP contribution in [0.15, 0.2) is 18.2 Å². The zero-order valence-corrected chi connectivity index (χ0v) is 10.8. The van der Waals surface area contributed by atoms with E-state index < -0.39 is 0 Å². The monoisotopic (exact) mass is 252 g/mol. The summed E-state index contributed by atoms with van der Waals surface area (Å²) in [6.07, 6.45) is 2.42. The number of nitrogens with zero attached hydrogens (tertiary/aromatic N) is 1. The summed E-state index contributed by atoms with van der Waals surface area (Å²) in [5, 5.41) is 0. The maximum Gasteiger partial charge on any atom is 0.135 e. The molecule has 0 bridgehead atoms. The van der Waals surface area contributed by atoms with Crippen molar-refractivity contribution in [2.75, 3.05) is 18.0 Å². The molecule has 17 heavy (non-hydrogen) atoms. The third-order valence-electron chi connectivity index (χ3n) is 3.24. The zero-order chi connectivity index (χ0) is 12.4. The largest absolute Gasteiger partial charge is 0.389 e. The van der Waals surface area contributed by atoms with Crippen LogP contribution in [0.1, 0.15) is 25.3 Å². The number of hydrogen-bond donors (Lipinski definition) is 1. The van der Waals surface area contributed by atoms with Gasteiger partial charge in [0.25, 0.3) is 0 Å². The van der Waals surface area contributed by atoms with Crippen molar-refractivity contribution >= 4 is 22.9 Å². The molecule has 0 saturated carbocycles. The molecule has 2 nitrogen and oxygen atoms in total. The van der Waals surface area contributed by atoms with E-state index in [1.165, 1.54) is 18.9 Å². The Bertz CT molecular complexity index is 433. The van der Waals surface area contributed by atoms with Gasteiger partial charge in [-0.15, -0.1) is 0 Å². The highest BCUT2D eigenvalue weighted by molar-refractivity contribution is 7.80. The Morgan fingerprint density at radius 3 is 2.88 bits per heavy atom. The summed E-state index contributed by atoms with van der Waals surface area (Å²) < 4.78 is 13.8. The van der Waals surface area contributed by atoms with Gasteiger partial charge in [0.2, 0.25) is 0 Å². The molecule has 1 fully saturated rings. The minimum absolute atomic E-state index is 0.112. The molecule has 1 aromatic rings. The number of hydrogen-bond acceptors (Lipinski definition) is 2. The van der Waals surface area contributed by atoms with Crippen molar-refractivity contribution in [3.8, 4) is 0 Å². The second-order valence-corrected chi connectivity index (χ2v) is 5.16. The summed E-state index contributed by atoms with van der Waals surface area (Å²) >= 11 is 4.79. The summed E-state index contributed by atoms with van der Waals surface area (Å²) in [7, 11) is 0. The average Bonchev–Trinajstić information content (AvgIpc) is 2.28. The summed E-state index contributed by atoms with van der Waals surface area (Å²) in [4.78, 5) is 2.33. The molecule has 0 aliphatic carbocycles. The van der Waals surface area contributed by atoms with Gasteiger partial charge in [-0.2, -0.15) is 0 Å². The van der Waals surface area contributed by atoms with E-state index >= 15 is 0 Å². The van der Waals surface area contributed by atoms with E-state index in [4.69, 9.17) is 18.0 Å². The van der Waals surface area contributed by atoms with Gasteiger partial charge in [-0.25, -0.2) is 4.39 Å². The van der Waals surface area contributed by atoms with Gasteiger partial charge in [-0.1, -0.05) is 19.1 Å².